The van der Waals surface area contributed by atoms with Crippen molar-refractivity contribution >= 4 is 10.2 Å². The summed E-state index contributed by atoms with van der Waals surface area (Å²) in [6.45, 7) is -1.64. The van der Waals surface area contributed by atoms with Gasteiger partial charge in [-0.1, -0.05) is 0 Å². The summed E-state index contributed by atoms with van der Waals surface area (Å²) in [5, 5.41) is 0. The van der Waals surface area contributed by atoms with Crippen molar-refractivity contribution in [3.8, 4) is 0 Å². The maximum Gasteiger partial charge on any atom is 0.402 e. The maximum absolute atomic E-state index is 11.8. The van der Waals surface area contributed by atoms with Gasteiger partial charge in [-0.25, -0.2) is 0 Å². The Bertz CT molecular complexity index is 320. The molecule has 0 saturated heterocycles. The summed E-state index contributed by atoms with van der Waals surface area (Å²) in [7, 11) is -1.66. The van der Waals surface area contributed by atoms with E-state index in [1.54, 1.807) is 0 Å². The van der Waals surface area contributed by atoms with Crippen LogP contribution in [0.1, 0.15) is 0 Å². The van der Waals surface area contributed by atoms with Crippen LogP contribution >= 0.6 is 0 Å². The SMILES string of the molecule is COCC(N)CN(C)S(=O)(=O)NCC(F)(F)F. The third kappa shape index (κ3) is 7.49. The van der Waals surface area contributed by atoms with Gasteiger partial charge in [0.25, 0.3) is 10.2 Å². The molecule has 0 aliphatic heterocycles. The van der Waals surface area contributed by atoms with Gasteiger partial charge in [0.05, 0.1) is 6.61 Å². The Morgan fingerprint density at radius 2 is 2.00 bits per heavy atom. The molecule has 0 rings (SSSR count). The molecule has 0 aromatic carbocycles. The van der Waals surface area contributed by atoms with E-state index in [0.29, 0.717) is 4.31 Å². The summed E-state index contributed by atoms with van der Waals surface area (Å²) in [5.74, 6) is 0. The molecular formula is C7H16F3N3O3S. The number of ether oxygens (including phenoxy) is 1. The molecule has 0 heterocycles. The standard InChI is InChI=1S/C7H16F3N3O3S/c1-13(3-6(11)4-16-2)17(14,15)12-5-7(8,9)10/h6,12H,3-5,11H2,1-2H3. The molecule has 0 spiro atoms. The number of rotatable bonds is 7. The third-order valence-electron chi connectivity index (χ3n) is 1.74. The van der Waals surface area contributed by atoms with E-state index < -0.39 is 29.0 Å². The molecule has 0 aliphatic rings. The van der Waals surface area contributed by atoms with Gasteiger partial charge in [-0.2, -0.15) is 30.6 Å². The van der Waals surface area contributed by atoms with Crippen molar-refractivity contribution in [2.75, 3.05) is 33.9 Å². The molecule has 0 saturated carbocycles. The van der Waals surface area contributed by atoms with E-state index in [1.807, 2.05) is 0 Å². The summed E-state index contributed by atoms with van der Waals surface area (Å²) < 4.78 is 65.0. The zero-order valence-electron chi connectivity index (χ0n) is 9.49. The van der Waals surface area contributed by atoms with Crippen LogP contribution in [0.2, 0.25) is 0 Å². The quantitative estimate of drug-likeness (QED) is 0.644. The van der Waals surface area contributed by atoms with E-state index in [-0.39, 0.29) is 13.2 Å². The average molecular weight is 279 g/mol. The fourth-order valence-electron chi connectivity index (χ4n) is 0.978. The first-order valence-electron chi connectivity index (χ1n) is 4.60. The molecule has 0 aromatic heterocycles. The predicted molar refractivity (Wildman–Crippen MR) is 55.5 cm³/mol. The Labute approximate surface area is 98.1 Å². The second-order valence-corrected chi connectivity index (χ2v) is 5.30. The first kappa shape index (κ1) is 16.6. The lowest BCUT2D eigenvalue weighted by Crippen LogP contribution is -2.47. The topological polar surface area (TPSA) is 84.7 Å². The van der Waals surface area contributed by atoms with Crippen molar-refractivity contribution < 1.29 is 26.3 Å². The number of methoxy groups -OCH3 is 1. The van der Waals surface area contributed by atoms with Crippen LogP contribution in [0.5, 0.6) is 0 Å². The Morgan fingerprint density at radius 1 is 1.47 bits per heavy atom. The molecule has 6 nitrogen and oxygen atoms in total. The van der Waals surface area contributed by atoms with Gasteiger partial charge in [-0.05, 0) is 0 Å². The van der Waals surface area contributed by atoms with Crippen molar-refractivity contribution in [2.45, 2.75) is 12.2 Å². The number of nitrogens with two attached hydrogens (primary N) is 1. The van der Waals surface area contributed by atoms with E-state index >= 15 is 0 Å². The van der Waals surface area contributed by atoms with Crippen LogP contribution in [0.4, 0.5) is 13.2 Å². The fourth-order valence-corrected chi connectivity index (χ4v) is 1.93. The van der Waals surface area contributed by atoms with Crippen LogP contribution < -0.4 is 10.5 Å². The highest BCUT2D eigenvalue weighted by atomic mass is 32.2. The van der Waals surface area contributed by atoms with Gasteiger partial charge >= 0.3 is 6.18 Å². The molecule has 3 N–H and O–H groups in total. The number of likely N-dealkylation sites (N-methyl/N-ethyl adjacent to an activating group) is 1. The smallest absolute Gasteiger partial charge is 0.383 e. The molecule has 0 bridgehead atoms. The van der Waals surface area contributed by atoms with Crippen molar-refractivity contribution in [1.82, 2.24) is 9.03 Å². The summed E-state index contributed by atoms with van der Waals surface area (Å²) in [6.07, 6.45) is -4.59. The lowest BCUT2D eigenvalue weighted by atomic mass is 10.3. The molecule has 0 radical (unpaired) electrons. The monoisotopic (exact) mass is 279 g/mol. The maximum atomic E-state index is 11.8. The van der Waals surface area contributed by atoms with Crippen molar-refractivity contribution in [3.05, 3.63) is 0 Å². The van der Waals surface area contributed by atoms with Gasteiger partial charge in [0.2, 0.25) is 0 Å². The first-order chi connectivity index (χ1) is 7.58. The summed E-state index contributed by atoms with van der Waals surface area (Å²) >= 11 is 0. The predicted octanol–water partition coefficient (Wildman–Crippen LogP) is -0.711. The van der Waals surface area contributed by atoms with E-state index in [4.69, 9.17) is 5.73 Å². The second-order valence-electron chi connectivity index (χ2n) is 3.44. The minimum absolute atomic E-state index is 0.110. The van der Waals surface area contributed by atoms with E-state index in [1.165, 1.54) is 11.8 Å². The van der Waals surface area contributed by atoms with Gasteiger partial charge < -0.3 is 10.5 Å². The lowest BCUT2D eigenvalue weighted by Gasteiger charge is -2.21. The van der Waals surface area contributed by atoms with Crippen molar-refractivity contribution in [2.24, 2.45) is 5.73 Å². The Morgan fingerprint density at radius 3 is 2.41 bits per heavy atom. The summed E-state index contributed by atoms with van der Waals surface area (Å²) in [6, 6.07) is -0.604. The molecule has 1 unspecified atom stereocenters. The molecule has 0 aliphatic carbocycles. The molecule has 0 fully saturated rings. The Kier molecular flexibility index (Phi) is 6.34. The van der Waals surface area contributed by atoms with Gasteiger partial charge in [-0.3, -0.25) is 0 Å². The number of halogens is 3. The highest BCUT2D eigenvalue weighted by molar-refractivity contribution is 7.87. The van der Waals surface area contributed by atoms with Gasteiger partial charge in [0.1, 0.15) is 6.54 Å². The van der Waals surface area contributed by atoms with Crippen molar-refractivity contribution in [3.63, 3.8) is 0 Å². The van der Waals surface area contributed by atoms with Crippen LogP contribution in [0.15, 0.2) is 0 Å². The number of hydrogen-bond acceptors (Lipinski definition) is 4. The van der Waals surface area contributed by atoms with Gasteiger partial charge in [0, 0.05) is 26.7 Å². The zero-order valence-corrected chi connectivity index (χ0v) is 10.3. The molecule has 0 aromatic rings. The molecule has 10 heteroatoms. The van der Waals surface area contributed by atoms with Crippen LogP contribution in [0, 0.1) is 0 Å². The zero-order chi connectivity index (χ0) is 13.7. The van der Waals surface area contributed by atoms with E-state index in [9.17, 15) is 21.6 Å². The van der Waals surface area contributed by atoms with Crippen molar-refractivity contribution in [1.29, 1.82) is 0 Å². The Balaban J connectivity index is 4.31. The fraction of sp³-hybridized carbons (Fsp3) is 1.00. The lowest BCUT2D eigenvalue weighted by molar-refractivity contribution is -0.121. The van der Waals surface area contributed by atoms with Gasteiger partial charge in [0.15, 0.2) is 0 Å². The van der Waals surface area contributed by atoms with Gasteiger partial charge in [-0.15, -0.1) is 0 Å². The highest BCUT2D eigenvalue weighted by Crippen LogP contribution is 2.13. The molecule has 0 amide bonds. The van der Waals surface area contributed by atoms with E-state index in [2.05, 4.69) is 4.74 Å². The Hall–Kier alpha value is -0.420. The molecule has 104 valence electrons. The number of nitrogens with one attached hydrogen (secondary N) is 1. The van der Waals surface area contributed by atoms with E-state index in [0.717, 1.165) is 7.05 Å². The highest BCUT2D eigenvalue weighted by Gasteiger charge is 2.31. The molecule has 1 atom stereocenters. The second kappa shape index (κ2) is 6.50. The third-order valence-corrected chi connectivity index (χ3v) is 3.22. The average Bonchev–Trinajstić information content (AvgIpc) is 2.14. The largest absolute Gasteiger partial charge is 0.402 e. The van der Waals surface area contributed by atoms with Crippen LogP contribution in [0.25, 0.3) is 0 Å². The van der Waals surface area contributed by atoms with Crippen LogP contribution in [0.3, 0.4) is 0 Å². The minimum Gasteiger partial charge on any atom is -0.383 e. The number of nitrogens with zero attached hydrogens (tertiary/aromatic N) is 1. The summed E-state index contributed by atoms with van der Waals surface area (Å²) in [4.78, 5) is 0. The minimum atomic E-state index is -4.59. The number of alkyl halides is 3. The number of hydrogen-bond donors (Lipinski definition) is 2. The summed E-state index contributed by atoms with van der Waals surface area (Å²) in [5.41, 5.74) is 5.48. The first-order valence-corrected chi connectivity index (χ1v) is 6.04. The normalized spacial score (nSPS) is 15.2. The molecule has 17 heavy (non-hydrogen) atoms. The molecular weight excluding hydrogens is 263 g/mol. The van der Waals surface area contributed by atoms with Crippen LogP contribution in [-0.2, 0) is 14.9 Å². The van der Waals surface area contributed by atoms with Crippen LogP contribution in [-0.4, -0.2) is 58.8 Å².